The SMILES string of the molecule is CCSc1c([N+](=O)[O-])[c-]c([N+](=O)[O-])c(N2CCCCC2)c1[N+](=O)[O-]. The van der Waals surface area contributed by atoms with Gasteiger partial charge in [-0.1, -0.05) is 13.3 Å². The van der Waals surface area contributed by atoms with Crippen LogP contribution in [0.15, 0.2) is 4.90 Å². The Bertz CT molecular complexity index is 690. The van der Waals surface area contributed by atoms with Crippen LogP contribution >= 0.6 is 11.8 Å². The molecule has 0 amide bonds. The summed E-state index contributed by atoms with van der Waals surface area (Å²) in [7, 11) is 0. The molecule has 0 saturated carbocycles. The van der Waals surface area contributed by atoms with Crippen molar-refractivity contribution in [2.75, 3.05) is 23.7 Å². The highest BCUT2D eigenvalue weighted by molar-refractivity contribution is 7.99. The van der Waals surface area contributed by atoms with Gasteiger partial charge in [-0.25, -0.2) is 0 Å². The van der Waals surface area contributed by atoms with Crippen molar-refractivity contribution >= 4 is 34.5 Å². The number of nitro benzene ring substituents is 3. The second kappa shape index (κ2) is 7.43. The van der Waals surface area contributed by atoms with Gasteiger partial charge in [-0.15, -0.1) is 0 Å². The number of piperidine rings is 1. The molecule has 1 aliphatic heterocycles. The first-order valence-electron chi connectivity index (χ1n) is 7.32. The Morgan fingerprint density at radius 2 is 1.58 bits per heavy atom. The average Bonchev–Trinajstić information content (AvgIpc) is 2.54. The van der Waals surface area contributed by atoms with E-state index in [0.717, 1.165) is 31.0 Å². The molecule has 0 atom stereocenters. The fraction of sp³-hybridized carbons (Fsp3) is 0.538. The maximum Gasteiger partial charge on any atom is 0.215 e. The van der Waals surface area contributed by atoms with E-state index >= 15 is 0 Å². The Balaban J connectivity index is 2.82. The molecule has 2 rings (SSSR count). The van der Waals surface area contributed by atoms with E-state index in [2.05, 4.69) is 6.07 Å². The van der Waals surface area contributed by atoms with Crippen molar-refractivity contribution < 1.29 is 14.8 Å². The third kappa shape index (κ3) is 3.40. The smallest absolute Gasteiger partial charge is 0.215 e. The first-order valence-corrected chi connectivity index (χ1v) is 8.31. The summed E-state index contributed by atoms with van der Waals surface area (Å²) in [4.78, 5) is 33.1. The number of thioether (sulfide) groups is 1. The van der Waals surface area contributed by atoms with E-state index in [9.17, 15) is 30.3 Å². The fourth-order valence-corrected chi connectivity index (χ4v) is 3.55. The number of hydrogen-bond acceptors (Lipinski definition) is 8. The second-order valence-corrected chi connectivity index (χ2v) is 6.37. The van der Waals surface area contributed by atoms with E-state index in [1.54, 1.807) is 11.8 Å². The monoisotopic (exact) mass is 355 g/mol. The highest BCUT2D eigenvalue weighted by Crippen LogP contribution is 2.49. The molecule has 1 aliphatic rings. The van der Waals surface area contributed by atoms with Gasteiger partial charge < -0.3 is 4.90 Å². The minimum absolute atomic E-state index is 0.175. The summed E-state index contributed by atoms with van der Waals surface area (Å²) in [6.45, 7) is 2.56. The van der Waals surface area contributed by atoms with Crippen molar-refractivity contribution in [2.24, 2.45) is 0 Å². The topological polar surface area (TPSA) is 133 Å². The van der Waals surface area contributed by atoms with E-state index in [4.69, 9.17) is 0 Å². The van der Waals surface area contributed by atoms with E-state index < -0.39 is 31.8 Å². The Morgan fingerprint density at radius 1 is 1.00 bits per heavy atom. The highest BCUT2D eigenvalue weighted by Gasteiger charge is 2.31. The molecule has 24 heavy (non-hydrogen) atoms. The highest BCUT2D eigenvalue weighted by atomic mass is 32.2. The molecule has 1 fully saturated rings. The number of benzene rings is 1. The minimum Gasteiger partial charge on any atom is -0.413 e. The summed E-state index contributed by atoms with van der Waals surface area (Å²) in [5.41, 5.74) is -2.18. The van der Waals surface area contributed by atoms with Gasteiger partial charge in [-0.2, -0.15) is 11.8 Å². The van der Waals surface area contributed by atoms with Crippen LogP contribution in [-0.2, 0) is 0 Å². The predicted molar refractivity (Wildman–Crippen MR) is 87.7 cm³/mol. The van der Waals surface area contributed by atoms with Gasteiger partial charge in [0, 0.05) is 27.9 Å². The molecule has 1 aromatic carbocycles. The zero-order valence-electron chi connectivity index (χ0n) is 12.9. The van der Waals surface area contributed by atoms with Crippen LogP contribution in [0.5, 0.6) is 0 Å². The molecule has 0 N–H and O–H groups in total. The molecule has 130 valence electrons. The quantitative estimate of drug-likeness (QED) is 0.328. The third-order valence-corrected chi connectivity index (χ3v) is 4.59. The van der Waals surface area contributed by atoms with Gasteiger partial charge in [-0.3, -0.25) is 30.3 Å². The molecule has 0 spiro atoms. The molecule has 0 bridgehead atoms. The van der Waals surface area contributed by atoms with Crippen molar-refractivity contribution in [3.05, 3.63) is 36.4 Å². The van der Waals surface area contributed by atoms with Crippen LogP contribution in [0.1, 0.15) is 26.2 Å². The minimum atomic E-state index is -0.863. The summed E-state index contributed by atoms with van der Waals surface area (Å²) < 4.78 is 0. The predicted octanol–water partition coefficient (Wildman–Crippen LogP) is 3.31. The van der Waals surface area contributed by atoms with Crippen LogP contribution < -0.4 is 4.90 Å². The second-order valence-electron chi connectivity index (χ2n) is 5.10. The van der Waals surface area contributed by atoms with E-state index in [-0.39, 0.29) is 10.6 Å². The lowest BCUT2D eigenvalue weighted by Gasteiger charge is -2.33. The summed E-state index contributed by atoms with van der Waals surface area (Å²) in [6.07, 6.45) is 2.44. The van der Waals surface area contributed by atoms with Crippen LogP contribution in [0.2, 0.25) is 0 Å². The molecule has 0 aliphatic carbocycles. The lowest BCUT2D eigenvalue weighted by atomic mass is 10.1. The van der Waals surface area contributed by atoms with Crippen molar-refractivity contribution in [3.8, 4) is 0 Å². The van der Waals surface area contributed by atoms with Gasteiger partial charge in [0.15, 0.2) is 11.4 Å². The molecule has 10 nitrogen and oxygen atoms in total. The molecule has 1 aromatic rings. The van der Waals surface area contributed by atoms with E-state index in [1.165, 1.54) is 0 Å². The number of rotatable bonds is 6. The maximum absolute atomic E-state index is 11.6. The molecule has 1 saturated heterocycles. The van der Waals surface area contributed by atoms with Crippen LogP contribution in [0.4, 0.5) is 22.7 Å². The first-order chi connectivity index (χ1) is 11.4. The van der Waals surface area contributed by atoms with Gasteiger partial charge in [0.25, 0.3) is 0 Å². The third-order valence-electron chi connectivity index (χ3n) is 3.62. The summed E-state index contributed by atoms with van der Waals surface area (Å²) in [5, 5.41) is 34.2. The molecule has 11 heteroatoms. The normalized spacial score (nSPS) is 14.5. The first kappa shape index (κ1) is 17.9. The lowest BCUT2D eigenvalue weighted by molar-refractivity contribution is -0.406. The van der Waals surface area contributed by atoms with E-state index in [0.29, 0.717) is 18.8 Å². The summed E-state index contributed by atoms with van der Waals surface area (Å²) >= 11 is 0.920. The summed E-state index contributed by atoms with van der Waals surface area (Å²) in [6, 6.07) is 2.19. The average molecular weight is 355 g/mol. The van der Waals surface area contributed by atoms with Crippen molar-refractivity contribution in [2.45, 2.75) is 31.1 Å². The maximum atomic E-state index is 11.6. The molecular formula is C13H15N4O6S-. The fourth-order valence-electron chi connectivity index (χ4n) is 2.69. The molecule has 0 unspecified atom stereocenters. The van der Waals surface area contributed by atoms with Crippen LogP contribution in [0.25, 0.3) is 0 Å². The lowest BCUT2D eigenvalue weighted by Crippen LogP contribution is -2.31. The molecule has 0 radical (unpaired) electrons. The van der Waals surface area contributed by atoms with Gasteiger partial charge in [-0.05, 0) is 24.7 Å². The van der Waals surface area contributed by atoms with Crippen molar-refractivity contribution in [3.63, 3.8) is 0 Å². The zero-order valence-corrected chi connectivity index (χ0v) is 13.7. The standard InChI is InChI=1S/C13H15N4O6S/c1-2-24-13-10(16(20)21)8-9(15(18)19)11(12(13)17(22)23)14-6-4-3-5-7-14/h2-7H2,1H3/q-1. The molecular weight excluding hydrogens is 340 g/mol. The number of nitro groups is 3. The Labute approximate surface area is 141 Å². The largest absolute Gasteiger partial charge is 0.413 e. The van der Waals surface area contributed by atoms with Gasteiger partial charge in [0.1, 0.15) is 0 Å². The van der Waals surface area contributed by atoms with Crippen LogP contribution in [-0.4, -0.2) is 33.6 Å². The Kier molecular flexibility index (Phi) is 5.54. The number of anilines is 1. The molecule has 1 heterocycles. The zero-order chi connectivity index (χ0) is 17.9. The van der Waals surface area contributed by atoms with Gasteiger partial charge in [0.05, 0.1) is 10.6 Å². The molecule has 0 aromatic heterocycles. The Hall–Kier alpha value is -2.43. The summed E-state index contributed by atoms with van der Waals surface area (Å²) in [5.74, 6) is 0.354. The van der Waals surface area contributed by atoms with E-state index in [1.807, 2.05) is 0 Å². The number of nitrogens with zero attached hydrogens (tertiary/aromatic N) is 4. The van der Waals surface area contributed by atoms with Crippen LogP contribution in [0, 0.1) is 36.4 Å². The van der Waals surface area contributed by atoms with Gasteiger partial charge >= 0.3 is 0 Å². The van der Waals surface area contributed by atoms with Crippen molar-refractivity contribution in [1.29, 1.82) is 0 Å². The van der Waals surface area contributed by atoms with Gasteiger partial charge in [0.2, 0.25) is 5.69 Å². The Morgan fingerprint density at radius 3 is 2.04 bits per heavy atom. The van der Waals surface area contributed by atoms with Crippen molar-refractivity contribution in [1.82, 2.24) is 0 Å². The number of hydrogen-bond donors (Lipinski definition) is 0. The van der Waals surface area contributed by atoms with Crippen LogP contribution in [0.3, 0.4) is 0 Å².